The molecule has 0 aliphatic carbocycles. The summed E-state index contributed by atoms with van der Waals surface area (Å²) in [7, 11) is 4.92. The van der Waals surface area contributed by atoms with Gasteiger partial charge in [0.05, 0.1) is 27.8 Å². The minimum absolute atomic E-state index is 0.0601. The molecule has 0 bridgehead atoms. The maximum Gasteiger partial charge on any atom is 0.230 e. The average Bonchev–Trinajstić information content (AvgIpc) is 3.00. The third-order valence-corrected chi connectivity index (χ3v) is 5.97. The summed E-state index contributed by atoms with van der Waals surface area (Å²) in [6, 6.07) is 20.5. The molecule has 170 valence electrons. The molecule has 0 N–H and O–H groups in total. The summed E-state index contributed by atoms with van der Waals surface area (Å²) in [5.74, 6) is 2.23. The van der Waals surface area contributed by atoms with Crippen LogP contribution >= 0.6 is 0 Å². The number of rotatable bonds is 8. The number of carbonyl (C=O) groups is 1. The van der Waals surface area contributed by atoms with Crippen molar-refractivity contribution >= 4 is 12.0 Å². The Bertz CT molecular complexity index is 1150. The van der Waals surface area contributed by atoms with E-state index in [0.29, 0.717) is 24.5 Å². The van der Waals surface area contributed by atoms with Crippen LogP contribution in [0.25, 0.3) is 6.08 Å². The number of hydrogen-bond donors (Lipinski definition) is 0. The lowest BCUT2D eigenvalue weighted by molar-refractivity contribution is -0.127. The Balaban J connectivity index is 1.46. The van der Waals surface area contributed by atoms with Crippen molar-refractivity contribution in [1.29, 1.82) is 0 Å². The van der Waals surface area contributed by atoms with Crippen LogP contribution in [0.1, 0.15) is 27.8 Å². The fourth-order valence-electron chi connectivity index (χ4n) is 4.12. The van der Waals surface area contributed by atoms with Gasteiger partial charge in [0.25, 0.3) is 0 Å². The summed E-state index contributed by atoms with van der Waals surface area (Å²) in [5, 5.41) is 0. The minimum atomic E-state index is 0.0601. The monoisotopic (exact) mass is 443 g/mol. The van der Waals surface area contributed by atoms with E-state index in [1.165, 1.54) is 5.56 Å². The average molecular weight is 444 g/mol. The van der Waals surface area contributed by atoms with Crippen molar-refractivity contribution < 1.29 is 19.0 Å². The number of amides is 1. The molecule has 1 aliphatic heterocycles. The molecule has 0 radical (unpaired) electrons. The van der Waals surface area contributed by atoms with Crippen molar-refractivity contribution in [3.8, 4) is 17.2 Å². The fourth-order valence-corrected chi connectivity index (χ4v) is 4.12. The van der Waals surface area contributed by atoms with E-state index in [2.05, 4.69) is 30.3 Å². The van der Waals surface area contributed by atoms with Gasteiger partial charge in [0.15, 0.2) is 11.5 Å². The highest BCUT2D eigenvalue weighted by Gasteiger charge is 2.19. The Morgan fingerprint density at radius 1 is 0.818 bits per heavy atom. The first kappa shape index (κ1) is 22.5. The molecule has 1 aliphatic rings. The molecule has 0 saturated carbocycles. The molecule has 0 unspecified atom stereocenters. The zero-order valence-electron chi connectivity index (χ0n) is 19.3. The normalized spacial score (nSPS) is 12.8. The number of fused-ring (bicyclic) bond motifs is 1. The number of hydrogen-bond acceptors (Lipinski definition) is 4. The lowest BCUT2D eigenvalue weighted by Crippen LogP contribution is -2.28. The first-order valence-corrected chi connectivity index (χ1v) is 11.0. The molecule has 0 atom stereocenters. The quantitative estimate of drug-likeness (QED) is 0.497. The molecule has 33 heavy (non-hydrogen) atoms. The summed E-state index contributed by atoms with van der Waals surface area (Å²) >= 11 is 0. The first-order chi connectivity index (χ1) is 16.1. The van der Waals surface area contributed by atoms with Crippen molar-refractivity contribution in [1.82, 2.24) is 4.90 Å². The van der Waals surface area contributed by atoms with E-state index in [0.717, 1.165) is 40.8 Å². The molecular formula is C28H29NO4. The van der Waals surface area contributed by atoms with Gasteiger partial charge in [-0.3, -0.25) is 4.79 Å². The zero-order chi connectivity index (χ0) is 23.2. The van der Waals surface area contributed by atoms with Gasteiger partial charge in [0.1, 0.15) is 5.75 Å². The van der Waals surface area contributed by atoms with Crippen molar-refractivity contribution in [2.75, 3.05) is 27.9 Å². The van der Waals surface area contributed by atoms with Gasteiger partial charge in [-0.15, -0.1) is 0 Å². The Labute approximate surface area is 195 Å². The molecule has 5 heteroatoms. The molecule has 4 rings (SSSR count). The van der Waals surface area contributed by atoms with Crippen molar-refractivity contribution in [2.45, 2.75) is 19.3 Å². The second-order valence-corrected chi connectivity index (χ2v) is 8.04. The molecule has 0 aromatic heterocycles. The van der Waals surface area contributed by atoms with Crippen LogP contribution in [0.15, 0.2) is 66.9 Å². The lowest BCUT2D eigenvalue weighted by atomic mass is 10.0. The Kier molecular flexibility index (Phi) is 6.98. The van der Waals surface area contributed by atoms with E-state index in [-0.39, 0.29) is 5.91 Å². The molecular weight excluding hydrogens is 414 g/mol. The van der Waals surface area contributed by atoms with E-state index in [1.807, 2.05) is 42.6 Å². The van der Waals surface area contributed by atoms with Crippen molar-refractivity contribution in [3.63, 3.8) is 0 Å². The van der Waals surface area contributed by atoms with Crippen LogP contribution in [-0.4, -0.2) is 38.7 Å². The van der Waals surface area contributed by atoms with Gasteiger partial charge in [-0.2, -0.15) is 0 Å². The Morgan fingerprint density at radius 2 is 1.55 bits per heavy atom. The van der Waals surface area contributed by atoms with E-state index in [1.54, 1.807) is 26.2 Å². The zero-order valence-corrected chi connectivity index (χ0v) is 19.3. The summed E-state index contributed by atoms with van der Waals surface area (Å²) in [4.78, 5) is 14.7. The van der Waals surface area contributed by atoms with Crippen LogP contribution in [0.4, 0.5) is 0 Å². The maximum absolute atomic E-state index is 12.9. The number of carbonyl (C=O) groups excluding carboxylic acids is 1. The van der Waals surface area contributed by atoms with E-state index in [4.69, 9.17) is 14.2 Å². The smallest absolute Gasteiger partial charge is 0.230 e. The van der Waals surface area contributed by atoms with Gasteiger partial charge < -0.3 is 19.1 Å². The second-order valence-electron chi connectivity index (χ2n) is 8.04. The third-order valence-electron chi connectivity index (χ3n) is 5.97. The van der Waals surface area contributed by atoms with Crippen LogP contribution in [0.2, 0.25) is 0 Å². The molecule has 3 aromatic carbocycles. The van der Waals surface area contributed by atoms with E-state index >= 15 is 0 Å². The first-order valence-electron chi connectivity index (χ1n) is 11.0. The Morgan fingerprint density at radius 3 is 2.27 bits per heavy atom. The molecule has 0 saturated heterocycles. The number of nitrogens with zero attached hydrogens (tertiary/aromatic N) is 1. The van der Waals surface area contributed by atoms with Gasteiger partial charge in [0.2, 0.25) is 5.91 Å². The summed E-state index contributed by atoms with van der Waals surface area (Å²) in [5.41, 5.74) is 5.43. The second kappa shape index (κ2) is 10.3. The summed E-state index contributed by atoms with van der Waals surface area (Å²) < 4.78 is 16.5. The van der Waals surface area contributed by atoms with Gasteiger partial charge >= 0.3 is 0 Å². The summed E-state index contributed by atoms with van der Waals surface area (Å²) in [6.45, 7) is 0.596. The predicted molar refractivity (Wildman–Crippen MR) is 130 cm³/mol. The van der Waals surface area contributed by atoms with E-state index < -0.39 is 0 Å². The molecule has 3 aromatic rings. The largest absolute Gasteiger partial charge is 0.496 e. The highest BCUT2D eigenvalue weighted by atomic mass is 16.5. The number of methoxy groups -OCH3 is 3. The number of ether oxygens (including phenoxy) is 3. The minimum Gasteiger partial charge on any atom is -0.496 e. The van der Waals surface area contributed by atoms with Gasteiger partial charge in [-0.1, -0.05) is 42.5 Å². The van der Waals surface area contributed by atoms with Crippen LogP contribution in [0, 0.1) is 0 Å². The highest BCUT2D eigenvalue weighted by Crippen LogP contribution is 2.33. The molecule has 1 amide bonds. The summed E-state index contributed by atoms with van der Waals surface area (Å²) in [6.07, 6.45) is 5.71. The van der Waals surface area contributed by atoms with Crippen molar-refractivity contribution in [2.24, 2.45) is 0 Å². The topological polar surface area (TPSA) is 48.0 Å². The standard InChI is InChI=1S/C28H29NO4/c1-31-25-16-21(9-10-23(25)15-20-7-5-4-6-8-20)11-13-29-14-12-22-17-26(32-2)27(33-3)18-24(22)19-28(29)30/h4-10,12,14,16-18H,11,13,15,19H2,1-3H3. The van der Waals surface area contributed by atoms with Crippen LogP contribution in [-0.2, 0) is 24.1 Å². The number of benzene rings is 3. The van der Waals surface area contributed by atoms with Crippen molar-refractivity contribution in [3.05, 3.63) is 94.7 Å². The SMILES string of the molecule is COc1cc(CCN2C=Cc3cc(OC)c(OC)cc3CC2=O)ccc1Cc1ccccc1. The van der Waals surface area contributed by atoms with E-state index in [9.17, 15) is 4.79 Å². The highest BCUT2D eigenvalue weighted by molar-refractivity contribution is 5.84. The van der Waals surface area contributed by atoms with Gasteiger partial charge in [-0.25, -0.2) is 0 Å². The lowest BCUT2D eigenvalue weighted by Gasteiger charge is -2.18. The molecule has 5 nitrogen and oxygen atoms in total. The van der Waals surface area contributed by atoms with Gasteiger partial charge in [0, 0.05) is 19.2 Å². The Hall–Kier alpha value is -3.73. The fraction of sp³-hybridized carbons (Fsp3) is 0.250. The van der Waals surface area contributed by atoms with Crippen LogP contribution in [0.3, 0.4) is 0 Å². The van der Waals surface area contributed by atoms with Crippen LogP contribution in [0.5, 0.6) is 17.2 Å². The maximum atomic E-state index is 12.9. The molecule has 0 fully saturated rings. The molecule has 1 heterocycles. The molecule has 0 spiro atoms. The predicted octanol–water partition coefficient (Wildman–Crippen LogP) is 4.90. The van der Waals surface area contributed by atoms with Gasteiger partial charge in [-0.05, 0) is 58.5 Å². The van der Waals surface area contributed by atoms with Crippen LogP contribution < -0.4 is 14.2 Å². The third kappa shape index (κ3) is 5.20.